The Kier molecular flexibility index (Phi) is 7.21. The Bertz CT molecular complexity index is 941. The fourth-order valence-electron chi connectivity index (χ4n) is 3.13. The van der Waals surface area contributed by atoms with Crippen molar-refractivity contribution in [3.63, 3.8) is 0 Å². The summed E-state index contributed by atoms with van der Waals surface area (Å²) in [6.07, 6.45) is 10.9. The minimum absolute atomic E-state index is 0.275. The first-order chi connectivity index (χ1) is 14.1. The molecular formula is C19H25N7O2S. The molecule has 2 N–H and O–H groups in total. The second kappa shape index (κ2) is 10.0. The first-order valence-corrected chi connectivity index (χ1v) is 11.1. The van der Waals surface area contributed by atoms with Gasteiger partial charge in [0, 0.05) is 44.3 Å². The maximum absolute atomic E-state index is 12.7. The number of piperidine rings is 1. The molecule has 0 bridgehead atoms. The molecule has 1 aromatic carbocycles. The molecule has 0 atom stereocenters. The van der Waals surface area contributed by atoms with Crippen molar-refractivity contribution in [3.8, 4) is 6.19 Å². The molecule has 0 unspecified atom stereocenters. The lowest BCUT2D eigenvalue weighted by molar-refractivity contribution is 0.346. The molecule has 2 aromatic rings. The van der Waals surface area contributed by atoms with Gasteiger partial charge in [0.15, 0.2) is 6.19 Å². The number of nitrogens with zero attached hydrogens (tertiary/aromatic N) is 5. The topological polar surface area (TPSA) is 115 Å². The number of hydrogen-bond donors (Lipinski definition) is 2. The minimum atomic E-state index is -3.46. The van der Waals surface area contributed by atoms with Crippen molar-refractivity contribution in [2.45, 2.75) is 37.1 Å². The molecule has 154 valence electrons. The fourth-order valence-corrected chi connectivity index (χ4v) is 4.64. The number of sulfonamides is 1. The van der Waals surface area contributed by atoms with Crippen LogP contribution in [0.4, 0.5) is 5.69 Å². The molecule has 3 rings (SSSR count). The van der Waals surface area contributed by atoms with E-state index in [1.807, 2.05) is 17.0 Å². The SMILES string of the molecule is N#CNC(=NCCCn1ccnc1)Nc1ccc(S(=O)(=O)N2CCCCC2)cc1. The van der Waals surface area contributed by atoms with Crippen molar-refractivity contribution in [2.24, 2.45) is 4.99 Å². The zero-order chi connectivity index (χ0) is 20.5. The van der Waals surface area contributed by atoms with Crippen LogP contribution in [-0.2, 0) is 16.6 Å². The zero-order valence-corrected chi connectivity index (χ0v) is 17.0. The van der Waals surface area contributed by atoms with Crippen LogP contribution in [0.1, 0.15) is 25.7 Å². The Hall–Kier alpha value is -2.90. The average molecular weight is 416 g/mol. The van der Waals surface area contributed by atoms with Gasteiger partial charge in [-0.1, -0.05) is 6.42 Å². The van der Waals surface area contributed by atoms with Crippen molar-refractivity contribution >= 4 is 21.7 Å². The molecule has 10 heteroatoms. The number of nitriles is 1. The summed E-state index contributed by atoms with van der Waals surface area (Å²) in [5.74, 6) is 0.324. The van der Waals surface area contributed by atoms with Crippen molar-refractivity contribution < 1.29 is 8.42 Å². The largest absolute Gasteiger partial charge is 0.337 e. The van der Waals surface area contributed by atoms with Crippen molar-refractivity contribution in [3.05, 3.63) is 43.0 Å². The molecule has 9 nitrogen and oxygen atoms in total. The molecule has 1 fully saturated rings. The third kappa shape index (κ3) is 5.79. The van der Waals surface area contributed by atoms with E-state index < -0.39 is 10.0 Å². The van der Waals surface area contributed by atoms with E-state index in [0.717, 1.165) is 32.2 Å². The van der Waals surface area contributed by atoms with Gasteiger partial charge >= 0.3 is 0 Å². The molecular weight excluding hydrogens is 390 g/mol. The van der Waals surface area contributed by atoms with Gasteiger partial charge in [-0.15, -0.1) is 0 Å². The van der Waals surface area contributed by atoms with Crippen LogP contribution in [-0.4, -0.2) is 47.9 Å². The standard InChI is InChI=1S/C19H25N7O2S/c20-15-23-19(22-9-4-11-25-14-10-21-16-25)24-17-5-7-18(8-6-17)29(27,28)26-12-2-1-3-13-26/h5-8,10,14,16H,1-4,9,11-13H2,(H2,22,23,24). The summed E-state index contributed by atoms with van der Waals surface area (Å²) in [6.45, 7) is 2.46. The summed E-state index contributed by atoms with van der Waals surface area (Å²) in [6, 6.07) is 6.51. The van der Waals surface area contributed by atoms with Crippen LogP contribution < -0.4 is 10.6 Å². The smallest absolute Gasteiger partial charge is 0.243 e. The summed E-state index contributed by atoms with van der Waals surface area (Å²) < 4.78 is 28.9. The van der Waals surface area contributed by atoms with Gasteiger partial charge in [-0.2, -0.15) is 9.57 Å². The van der Waals surface area contributed by atoms with E-state index in [4.69, 9.17) is 5.26 Å². The van der Waals surface area contributed by atoms with Crippen LogP contribution in [0.25, 0.3) is 0 Å². The Morgan fingerprint density at radius 2 is 1.97 bits per heavy atom. The van der Waals surface area contributed by atoms with E-state index in [1.54, 1.807) is 41.1 Å². The number of aryl methyl sites for hydroxylation is 1. The Labute approximate surface area is 171 Å². The minimum Gasteiger partial charge on any atom is -0.337 e. The van der Waals surface area contributed by atoms with Gasteiger partial charge in [0.1, 0.15) is 0 Å². The normalized spacial score (nSPS) is 15.6. The van der Waals surface area contributed by atoms with Crippen molar-refractivity contribution in [1.29, 1.82) is 5.26 Å². The first-order valence-electron chi connectivity index (χ1n) is 9.62. The van der Waals surface area contributed by atoms with E-state index in [0.29, 0.717) is 31.3 Å². The number of guanidine groups is 1. The molecule has 1 saturated heterocycles. The second-order valence-corrected chi connectivity index (χ2v) is 8.67. The van der Waals surface area contributed by atoms with Crippen LogP contribution >= 0.6 is 0 Å². The number of nitrogens with one attached hydrogen (secondary N) is 2. The number of aromatic nitrogens is 2. The number of imidazole rings is 1. The second-order valence-electron chi connectivity index (χ2n) is 6.74. The lowest BCUT2D eigenvalue weighted by Crippen LogP contribution is -2.35. The van der Waals surface area contributed by atoms with Gasteiger partial charge in [0.05, 0.1) is 11.2 Å². The average Bonchev–Trinajstić information content (AvgIpc) is 3.26. The highest BCUT2D eigenvalue weighted by Gasteiger charge is 2.25. The van der Waals surface area contributed by atoms with Crippen LogP contribution in [0.2, 0.25) is 0 Å². The highest BCUT2D eigenvalue weighted by Crippen LogP contribution is 2.21. The third-order valence-corrected chi connectivity index (χ3v) is 6.56. The molecule has 0 amide bonds. The summed E-state index contributed by atoms with van der Waals surface area (Å²) in [4.78, 5) is 8.63. The summed E-state index contributed by atoms with van der Waals surface area (Å²) in [5, 5.41) is 14.5. The van der Waals surface area contributed by atoms with E-state index in [1.165, 1.54) is 0 Å². The fraction of sp³-hybridized carbons (Fsp3) is 0.421. The Morgan fingerprint density at radius 1 is 1.21 bits per heavy atom. The van der Waals surface area contributed by atoms with E-state index in [-0.39, 0.29) is 4.90 Å². The van der Waals surface area contributed by atoms with Gasteiger partial charge in [-0.25, -0.2) is 13.4 Å². The van der Waals surface area contributed by atoms with Gasteiger partial charge in [0.2, 0.25) is 16.0 Å². The third-order valence-electron chi connectivity index (χ3n) is 4.65. The van der Waals surface area contributed by atoms with Crippen LogP contribution in [0.15, 0.2) is 52.9 Å². The zero-order valence-electron chi connectivity index (χ0n) is 16.2. The monoisotopic (exact) mass is 415 g/mol. The number of anilines is 1. The van der Waals surface area contributed by atoms with Crippen LogP contribution in [0.3, 0.4) is 0 Å². The highest BCUT2D eigenvalue weighted by atomic mass is 32.2. The Balaban J connectivity index is 1.59. The molecule has 0 aliphatic carbocycles. The van der Waals surface area contributed by atoms with E-state index in [9.17, 15) is 8.42 Å². The molecule has 1 aliphatic rings. The molecule has 1 aromatic heterocycles. The summed E-state index contributed by atoms with van der Waals surface area (Å²) in [7, 11) is -3.46. The van der Waals surface area contributed by atoms with Crippen LogP contribution in [0, 0.1) is 11.5 Å². The summed E-state index contributed by atoms with van der Waals surface area (Å²) >= 11 is 0. The lowest BCUT2D eigenvalue weighted by atomic mass is 10.2. The number of rotatable bonds is 7. The quantitative estimate of drug-likeness (QED) is 0.235. The molecule has 0 radical (unpaired) electrons. The van der Waals surface area contributed by atoms with Gasteiger partial charge in [-0.05, 0) is 43.5 Å². The molecule has 0 spiro atoms. The molecule has 0 saturated carbocycles. The number of aliphatic imine (C=N–C) groups is 1. The Morgan fingerprint density at radius 3 is 2.62 bits per heavy atom. The van der Waals surface area contributed by atoms with Crippen LogP contribution in [0.5, 0.6) is 0 Å². The predicted molar refractivity (Wildman–Crippen MR) is 111 cm³/mol. The van der Waals surface area contributed by atoms with Gasteiger partial charge in [-0.3, -0.25) is 10.3 Å². The highest BCUT2D eigenvalue weighted by molar-refractivity contribution is 7.89. The first kappa shape index (κ1) is 20.8. The predicted octanol–water partition coefficient (Wildman–Crippen LogP) is 1.99. The maximum atomic E-state index is 12.7. The van der Waals surface area contributed by atoms with Gasteiger partial charge in [0.25, 0.3) is 0 Å². The number of benzene rings is 1. The maximum Gasteiger partial charge on any atom is 0.243 e. The number of hydrogen-bond acceptors (Lipinski definition) is 5. The van der Waals surface area contributed by atoms with Gasteiger partial charge < -0.3 is 9.88 Å². The summed E-state index contributed by atoms with van der Waals surface area (Å²) in [5.41, 5.74) is 0.652. The molecule has 29 heavy (non-hydrogen) atoms. The molecule has 1 aliphatic heterocycles. The van der Waals surface area contributed by atoms with E-state index in [2.05, 4.69) is 20.6 Å². The molecule has 2 heterocycles. The lowest BCUT2D eigenvalue weighted by Gasteiger charge is -2.25. The van der Waals surface area contributed by atoms with Crippen molar-refractivity contribution in [1.82, 2.24) is 19.2 Å². The van der Waals surface area contributed by atoms with E-state index >= 15 is 0 Å². The van der Waals surface area contributed by atoms with Crippen molar-refractivity contribution in [2.75, 3.05) is 25.0 Å².